The van der Waals surface area contributed by atoms with Crippen molar-refractivity contribution in [3.8, 4) is 0 Å². The van der Waals surface area contributed by atoms with Crippen LogP contribution < -0.4 is 10.6 Å². The van der Waals surface area contributed by atoms with Crippen molar-refractivity contribution in [2.75, 3.05) is 10.6 Å². The highest BCUT2D eigenvalue weighted by Crippen LogP contribution is 2.37. The van der Waals surface area contributed by atoms with Crippen LogP contribution in [0.5, 0.6) is 0 Å². The Bertz CT molecular complexity index is 1350. The van der Waals surface area contributed by atoms with E-state index in [0.717, 1.165) is 5.56 Å². The maximum absolute atomic E-state index is 14.9. The lowest BCUT2D eigenvalue weighted by atomic mass is 10.0. The molecule has 164 valence electrons. The summed E-state index contributed by atoms with van der Waals surface area (Å²) in [6.07, 6.45) is 4.80. The Balaban J connectivity index is 1.56. The standard InChI is InChI=1S/C23H15Cl2FN6O/c24-15-8-6-13(7-9-15)18-11-19(20-16(25)4-1-5-17(20)26)32-23(28-18)30-22(31-32)29-21(33)14-3-2-10-27-12-14/h1-12,19H,(H2,28,29,30,31,33)/t19-/m1/s1. The molecule has 7 nitrogen and oxygen atoms in total. The average molecular weight is 481 g/mol. The Morgan fingerprint density at radius 3 is 2.64 bits per heavy atom. The van der Waals surface area contributed by atoms with Crippen LogP contribution in [0.3, 0.4) is 0 Å². The lowest BCUT2D eigenvalue weighted by Crippen LogP contribution is -2.21. The second-order valence-electron chi connectivity index (χ2n) is 7.19. The van der Waals surface area contributed by atoms with Gasteiger partial charge in [-0.1, -0.05) is 41.4 Å². The van der Waals surface area contributed by atoms with Gasteiger partial charge in [-0.2, -0.15) is 4.98 Å². The van der Waals surface area contributed by atoms with Crippen LogP contribution in [-0.4, -0.2) is 25.7 Å². The molecule has 2 aromatic carbocycles. The Morgan fingerprint density at radius 1 is 1.09 bits per heavy atom. The lowest BCUT2D eigenvalue weighted by Gasteiger charge is -2.25. The van der Waals surface area contributed by atoms with Gasteiger partial charge in [0.15, 0.2) is 0 Å². The van der Waals surface area contributed by atoms with E-state index in [4.69, 9.17) is 23.2 Å². The smallest absolute Gasteiger partial charge is 0.259 e. The van der Waals surface area contributed by atoms with Gasteiger partial charge in [-0.25, -0.2) is 9.07 Å². The number of pyridine rings is 1. The number of hydrogen-bond donors (Lipinski definition) is 2. The summed E-state index contributed by atoms with van der Waals surface area (Å²) in [4.78, 5) is 20.9. The first kappa shape index (κ1) is 21.1. The van der Waals surface area contributed by atoms with Gasteiger partial charge in [-0.3, -0.25) is 15.1 Å². The molecular formula is C23H15Cl2FN6O. The summed E-state index contributed by atoms with van der Waals surface area (Å²) in [5.74, 6) is -0.538. The maximum atomic E-state index is 14.9. The van der Waals surface area contributed by atoms with Crippen molar-refractivity contribution in [1.82, 2.24) is 19.7 Å². The number of aromatic nitrogens is 4. The van der Waals surface area contributed by atoms with Gasteiger partial charge in [0, 0.05) is 33.7 Å². The summed E-state index contributed by atoms with van der Waals surface area (Å²) in [6, 6.07) is 14.2. The molecule has 0 bridgehead atoms. The zero-order chi connectivity index (χ0) is 22.9. The number of nitrogens with zero attached hydrogens (tertiary/aromatic N) is 4. The number of amides is 1. The molecule has 3 heterocycles. The van der Waals surface area contributed by atoms with Crippen molar-refractivity contribution >= 4 is 46.7 Å². The Morgan fingerprint density at radius 2 is 1.91 bits per heavy atom. The molecule has 1 atom stereocenters. The van der Waals surface area contributed by atoms with Crippen molar-refractivity contribution in [2.45, 2.75) is 6.04 Å². The van der Waals surface area contributed by atoms with Crippen molar-refractivity contribution in [2.24, 2.45) is 0 Å². The molecule has 1 aliphatic rings. The van der Waals surface area contributed by atoms with E-state index >= 15 is 0 Å². The van der Waals surface area contributed by atoms with E-state index in [9.17, 15) is 9.18 Å². The molecule has 0 saturated carbocycles. The van der Waals surface area contributed by atoms with E-state index in [0.29, 0.717) is 22.2 Å². The molecule has 2 aromatic heterocycles. The fraction of sp³-hybridized carbons (Fsp3) is 0.0435. The SMILES string of the molecule is O=C(Nc1nc2n(n1)[C@@H](c1c(F)cccc1Cl)C=C(c1ccc(Cl)cc1)N2)c1cccnc1. The van der Waals surface area contributed by atoms with Crippen molar-refractivity contribution < 1.29 is 9.18 Å². The van der Waals surface area contributed by atoms with Crippen molar-refractivity contribution in [3.05, 3.63) is 106 Å². The number of carbonyl (C=O) groups excluding carboxylic acids is 1. The molecule has 0 unspecified atom stereocenters. The third kappa shape index (κ3) is 4.18. The minimum atomic E-state index is -0.711. The first-order valence-electron chi connectivity index (χ1n) is 9.86. The molecular weight excluding hydrogens is 466 g/mol. The Hall–Kier alpha value is -3.75. The molecule has 0 spiro atoms. The number of nitrogens with one attached hydrogen (secondary N) is 2. The summed E-state index contributed by atoms with van der Waals surface area (Å²) < 4.78 is 16.3. The molecule has 0 fully saturated rings. The third-order valence-electron chi connectivity index (χ3n) is 5.07. The number of fused-ring (bicyclic) bond motifs is 1. The summed E-state index contributed by atoms with van der Waals surface area (Å²) >= 11 is 12.4. The molecule has 1 aliphatic heterocycles. The van der Waals surface area contributed by atoms with E-state index in [1.165, 1.54) is 23.0 Å². The third-order valence-corrected chi connectivity index (χ3v) is 5.65. The molecule has 4 aromatic rings. The maximum Gasteiger partial charge on any atom is 0.259 e. The molecule has 0 radical (unpaired) electrons. The van der Waals surface area contributed by atoms with E-state index in [1.807, 2.05) is 12.1 Å². The number of hydrogen-bond acceptors (Lipinski definition) is 5. The fourth-order valence-electron chi connectivity index (χ4n) is 3.51. The first-order valence-corrected chi connectivity index (χ1v) is 10.6. The van der Waals surface area contributed by atoms with Gasteiger partial charge in [0.25, 0.3) is 11.9 Å². The zero-order valence-corrected chi connectivity index (χ0v) is 18.3. The van der Waals surface area contributed by atoms with Crippen LogP contribution in [0.2, 0.25) is 10.0 Å². The van der Waals surface area contributed by atoms with Crippen LogP contribution in [0.15, 0.2) is 73.1 Å². The van der Waals surface area contributed by atoms with Gasteiger partial charge in [0.05, 0.1) is 5.56 Å². The van der Waals surface area contributed by atoms with Crippen molar-refractivity contribution in [3.63, 3.8) is 0 Å². The predicted molar refractivity (Wildman–Crippen MR) is 125 cm³/mol. The number of anilines is 2. The normalized spacial score (nSPS) is 14.8. The molecule has 10 heteroatoms. The van der Waals surface area contributed by atoms with E-state index < -0.39 is 17.8 Å². The minimum absolute atomic E-state index is 0.0505. The van der Waals surface area contributed by atoms with Gasteiger partial charge in [-0.05, 0) is 48.0 Å². The van der Waals surface area contributed by atoms with Crippen LogP contribution in [0.25, 0.3) is 5.70 Å². The average Bonchev–Trinajstić information content (AvgIpc) is 3.22. The Kier molecular flexibility index (Phi) is 5.53. The number of rotatable bonds is 4. The summed E-state index contributed by atoms with van der Waals surface area (Å²) in [6.45, 7) is 0. The molecule has 0 aliphatic carbocycles. The molecule has 33 heavy (non-hydrogen) atoms. The highest BCUT2D eigenvalue weighted by Gasteiger charge is 2.29. The van der Waals surface area contributed by atoms with E-state index in [1.54, 1.807) is 42.6 Å². The topological polar surface area (TPSA) is 84.7 Å². The van der Waals surface area contributed by atoms with Gasteiger partial charge >= 0.3 is 0 Å². The number of carbonyl (C=O) groups is 1. The number of benzene rings is 2. The fourth-order valence-corrected chi connectivity index (χ4v) is 3.91. The molecule has 5 rings (SSSR count). The van der Waals surface area contributed by atoms with Crippen LogP contribution in [0, 0.1) is 5.82 Å². The van der Waals surface area contributed by atoms with E-state index in [2.05, 4.69) is 25.7 Å². The highest BCUT2D eigenvalue weighted by atomic mass is 35.5. The second-order valence-corrected chi connectivity index (χ2v) is 8.04. The van der Waals surface area contributed by atoms with E-state index in [-0.39, 0.29) is 16.5 Å². The summed E-state index contributed by atoms with van der Waals surface area (Å²) in [5.41, 5.74) is 2.07. The van der Waals surface area contributed by atoms with Crippen LogP contribution in [-0.2, 0) is 0 Å². The van der Waals surface area contributed by atoms with Gasteiger partial charge < -0.3 is 5.32 Å². The van der Waals surface area contributed by atoms with Crippen LogP contribution in [0.4, 0.5) is 16.3 Å². The number of halogens is 3. The minimum Gasteiger partial charge on any atom is -0.324 e. The van der Waals surface area contributed by atoms with Crippen LogP contribution >= 0.6 is 23.2 Å². The molecule has 1 amide bonds. The zero-order valence-electron chi connectivity index (χ0n) is 16.8. The second kappa shape index (κ2) is 8.65. The number of allylic oxidation sites excluding steroid dienone is 1. The molecule has 2 N–H and O–H groups in total. The lowest BCUT2D eigenvalue weighted by molar-refractivity contribution is 0.102. The largest absolute Gasteiger partial charge is 0.324 e. The monoisotopic (exact) mass is 480 g/mol. The highest BCUT2D eigenvalue weighted by molar-refractivity contribution is 6.31. The summed E-state index contributed by atoms with van der Waals surface area (Å²) in [5, 5.41) is 11.1. The summed E-state index contributed by atoms with van der Waals surface area (Å²) in [7, 11) is 0. The Labute approximate surface area is 197 Å². The quantitative estimate of drug-likeness (QED) is 0.406. The first-order chi connectivity index (χ1) is 16.0. The van der Waals surface area contributed by atoms with Gasteiger partial charge in [-0.15, -0.1) is 5.10 Å². The van der Waals surface area contributed by atoms with Crippen molar-refractivity contribution in [1.29, 1.82) is 0 Å². The predicted octanol–water partition coefficient (Wildman–Crippen LogP) is 5.43. The van der Waals surface area contributed by atoms with Crippen LogP contribution in [0.1, 0.15) is 27.5 Å². The molecule has 0 saturated heterocycles. The van der Waals surface area contributed by atoms with Gasteiger partial charge in [0.1, 0.15) is 11.9 Å². The van der Waals surface area contributed by atoms with Gasteiger partial charge in [0.2, 0.25) is 5.95 Å².